The number of rotatable bonds is 8. The molecule has 4 heteroatoms. The Balaban J connectivity index is 2.77. The van der Waals surface area contributed by atoms with E-state index >= 15 is 0 Å². The minimum absolute atomic E-state index is 0.445. The number of hydrogen-bond donors (Lipinski definition) is 1. The Morgan fingerprint density at radius 3 is 2.35 bits per heavy atom. The molecular weight excluding hydrogens is 252 g/mol. The van der Waals surface area contributed by atoms with Crippen LogP contribution in [0, 0.1) is 5.92 Å². The molecule has 0 fully saturated rings. The molecule has 0 aliphatic carbocycles. The highest BCUT2D eigenvalue weighted by molar-refractivity contribution is 5.46. The van der Waals surface area contributed by atoms with E-state index in [9.17, 15) is 0 Å². The van der Waals surface area contributed by atoms with Crippen molar-refractivity contribution < 1.29 is 9.47 Å². The second-order valence-electron chi connectivity index (χ2n) is 5.65. The normalized spacial score (nSPS) is 12.8. The van der Waals surface area contributed by atoms with Crippen molar-refractivity contribution in [2.45, 2.75) is 26.4 Å². The average Bonchev–Trinajstić information content (AvgIpc) is 2.42. The van der Waals surface area contributed by atoms with Crippen LogP contribution in [-0.4, -0.2) is 45.8 Å². The van der Waals surface area contributed by atoms with Gasteiger partial charge >= 0.3 is 0 Å². The zero-order valence-corrected chi connectivity index (χ0v) is 13.6. The molecule has 0 aromatic heterocycles. The van der Waals surface area contributed by atoms with Gasteiger partial charge in [0.2, 0.25) is 0 Å². The number of likely N-dealkylation sites (N-methyl/N-ethyl adjacent to an activating group) is 1. The fourth-order valence-electron chi connectivity index (χ4n) is 2.24. The van der Waals surface area contributed by atoms with Crippen molar-refractivity contribution in [2.75, 3.05) is 34.9 Å². The van der Waals surface area contributed by atoms with Crippen LogP contribution in [0.1, 0.15) is 19.4 Å². The average molecular weight is 280 g/mol. The van der Waals surface area contributed by atoms with Crippen molar-refractivity contribution in [3.63, 3.8) is 0 Å². The molecule has 0 heterocycles. The Labute approximate surface area is 123 Å². The summed E-state index contributed by atoms with van der Waals surface area (Å²) in [5.74, 6) is 2.17. The highest BCUT2D eigenvalue weighted by atomic mass is 16.5. The SMILES string of the molecule is COc1cccc(CNC(CN(C)C)C(C)C)c1OC. The van der Waals surface area contributed by atoms with Gasteiger partial charge < -0.3 is 19.7 Å². The highest BCUT2D eigenvalue weighted by Gasteiger charge is 2.15. The van der Waals surface area contributed by atoms with E-state index in [1.807, 2.05) is 12.1 Å². The summed E-state index contributed by atoms with van der Waals surface area (Å²) in [6.45, 7) is 6.27. The van der Waals surface area contributed by atoms with E-state index in [-0.39, 0.29) is 0 Å². The van der Waals surface area contributed by atoms with Crippen molar-refractivity contribution in [1.29, 1.82) is 0 Å². The Morgan fingerprint density at radius 1 is 1.15 bits per heavy atom. The summed E-state index contributed by atoms with van der Waals surface area (Å²) in [6, 6.07) is 6.43. The molecule has 0 aliphatic rings. The van der Waals surface area contributed by atoms with Crippen LogP contribution in [0.3, 0.4) is 0 Å². The number of para-hydroxylation sites is 1. The molecule has 0 spiro atoms. The number of hydrogen-bond acceptors (Lipinski definition) is 4. The lowest BCUT2D eigenvalue weighted by atomic mass is 10.0. The van der Waals surface area contributed by atoms with Crippen molar-refractivity contribution >= 4 is 0 Å². The standard InChI is InChI=1S/C16H28N2O2/c1-12(2)14(11-18(3)4)17-10-13-8-7-9-15(19-5)16(13)20-6/h7-9,12,14,17H,10-11H2,1-6H3. The fraction of sp³-hybridized carbons (Fsp3) is 0.625. The van der Waals surface area contributed by atoms with E-state index < -0.39 is 0 Å². The van der Waals surface area contributed by atoms with Gasteiger partial charge in [0.15, 0.2) is 11.5 Å². The predicted molar refractivity (Wildman–Crippen MR) is 83.6 cm³/mol. The van der Waals surface area contributed by atoms with Crippen molar-refractivity contribution in [2.24, 2.45) is 5.92 Å². The second kappa shape index (κ2) is 8.12. The lowest BCUT2D eigenvalue weighted by molar-refractivity contribution is 0.286. The van der Waals surface area contributed by atoms with Gasteiger partial charge in [-0.15, -0.1) is 0 Å². The zero-order chi connectivity index (χ0) is 15.1. The minimum Gasteiger partial charge on any atom is -0.493 e. The van der Waals surface area contributed by atoms with E-state index in [4.69, 9.17) is 9.47 Å². The summed E-state index contributed by atoms with van der Waals surface area (Å²) < 4.78 is 10.8. The summed E-state index contributed by atoms with van der Waals surface area (Å²) in [4.78, 5) is 2.21. The van der Waals surface area contributed by atoms with Gasteiger partial charge in [0.05, 0.1) is 14.2 Å². The molecule has 1 aromatic rings. The molecule has 0 radical (unpaired) electrons. The van der Waals surface area contributed by atoms with Crippen molar-refractivity contribution in [3.05, 3.63) is 23.8 Å². The molecule has 20 heavy (non-hydrogen) atoms. The summed E-state index contributed by atoms with van der Waals surface area (Å²) in [6.07, 6.45) is 0. The summed E-state index contributed by atoms with van der Waals surface area (Å²) in [5, 5.41) is 3.62. The van der Waals surface area contributed by atoms with Crippen LogP contribution in [-0.2, 0) is 6.54 Å². The Kier molecular flexibility index (Phi) is 6.82. The second-order valence-corrected chi connectivity index (χ2v) is 5.65. The Morgan fingerprint density at radius 2 is 1.85 bits per heavy atom. The third kappa shape index (κ3) is 4.69. The maximum Gasteiger partial charge on any atom is 0.165 e. The third-order valence-corrected chi connectivity index (χ3v) is 3.41. The number of ether oxygens (including phenoxy) is 2. The lowest BCUT2D eigenvalue weighted by Gasteiger charge is -2.26. The minimum atomic E-state index is 0.445. The molecule has 1 rings (SSSR count). The van der Waals surface area contributed by atoms with Crippen LogP contribution < -0.4 is 14.8 Å². The molecule has 1 aromatic carbocycles. The molecule has 0 saturated carbocycles. The summed E-state index contributed by atoms with van der Waals surface area (Å²) in [7, 11) is 7.55. The van der Waals surface area contributed by atoms with Gasteiger partial charge in [0.1, 0.15) is 0 Å². The Hall–Kier alpha value is -1.26. The van der Waals surface area contributed by atoms with E-state index in [1.54, 1.807) is 14.2 Å². The third-order valence-electron chi connectivity index (χ3n) is 3.41. The molecular formula is C16H28N2O2. The summed E-state index contributed by atoms with van der Waals surface area (Å²) >= 11 is 0. The molecule has 0 amide bonds. The van der Waals surface area contributed by atoms with E-state index in [1.165, 1.54) is 0 Å². The van der Waals surface area contributed by atoms with Crippen LogP contribution in [0.4, 0.5) is 0 Å². The first-order valence-electron chi connectivity index (χ1n) is 7.07. The van der Waals surface area contributed by atoms with Gasteiger partial charge in [-0.2, -0.15) is 0 Å². The van der Waals surface area contributed by atoms with Gasteiger partial charge in [0.25, 0.3) is 0 Å². The number of nitrogens with zero attached hydrogens (tertiary/aromatic N) is 1. The van der Waals surface area contributed by atoms with Gasteiger partial charge in [0, 0.05) is 24.7 Å². The van der Waals surface area contributed by atoms with Crippen molar-refractivity contribution in [1.82, 2.24) is 10.2 Å². The predicted octanol–water partition coefficient (Wildman–Crippen LogP) is 2.38. The van der Waals surface area contributed by atoms with E-state index in [2.05, 4.69) is 44.2 Å². The molecule has 1 N–H and O–H groups in total. The lowest BCUT2D eigenvalue weighted by Crippen LogP contribution is -2.41. The fourth-order valence-corrected chi connectivity index (χ4v) is 2.24. The number of benzene rings is 1. The van der Waals surface area contributed by atoms with Crippen LogP contribution in [0.25, 0.3) is 0 Å². The topological polar surface area (TPSA) is 33.7 Å². The number of methoxy groups -OCH3 is 2. The molecule has 114 valence electrons. The highest BCUT2D eigenvalue weighted by Crippen LogP contribution is 2.30. The molecule has 0 aliphatic heterocycles. The molecule has 1 unspecified atom stereocenters. The molecule has 0 bridgehead atoms. The first-order valence-corrected chi connectivity index (χ1v) is 7.07. The van der Waals surface area contributed by atoms with E-state index in [0.29, 0.717) is 12.0 Å². The molecule has 4 nitrogen and oxygen atoms in total. The van der Waals surface area contributed by atoms with Gasteiger partial charge in [-0.25, -0.2) is 0 Å². The maximum atomic E-state index is 5.47. The summed E-state index contributed by atoms with van der Waals surface area (Å²) in [5.41, 5.74) is 1.12. The molecule has 0 saturated heterocycles. The van der Waals surface area contributed by atoms with E-state index in [0.717, 1.165) is 30.2 Å². The monoisotopic (exact) mass is 280 g/mol. The van der Waals surface area contributed by atoms with Gasteiger partial charge in [-0.1, -0.05) is 26.0 Å². The molecule has 1 atom stereocenters. The smallest absolute Gasteiger partial charge is 0.165 e. The number of nitrogens with one attached hydrogen (secondary N) is 1. The quantitative estimate of drug-likeness (QED) is 0.793. The van der Waals surface area contributed by atoms with Gasteiger partial charge in [-0.05, 0) is 26.1 Å². The van der Waals surface area contributed by atoms with Crippen LogP contribution in [0.15, 0.2) is 18.2 Å². The largest absolute Gasteiger partial charge is 0.493 e. The first-order chi connectivity index (χ1) is 9.49. The first kappa shape index (κ1) is 16.8. The van der Waals surface area contributed by atoms with Gasteiger partial charge in [-0.3, -0.25) is 0 Å². The van der Waals surface area contributed by atoms with Crippen LogP contribution in [0.2, 0.25) is 0 Å². The van der Waals surface area contributed by atoms with Crippen LogP contribution >= 0.6 is 0 Å². The van der Waals surface area contributed by atoms with Crippen molar-refractivity contribution in [3.8, 4) is 11.5 Å². The zero-order valence-electron chi connectivity index (χ0n) is 13.6. The maximum absolute atomic E-state index is 5.47. The Bertz CT molecular complexity index is 405. The van der Waals surface area contributed by atoms with Crippen LogP contribution in [0.5, 0.6) is 11.5 Å².